The first kappa shape index (κ1) is 12.6. The Bertz CT molecular complexity index is 716. The summed E-state index contributed by atoms with van der Waals surface area (Å²) in [7, 11) is 0. The van der Waals surface area contributed by atoms with Gasteiger partial charge in [0.2, 0.25) is 0 Å². The summed E-state index contributed by atoms with van der Waals surface area (Å²) in [5.41, 5.74) is 1.51. The summed E-state index contributed by atoms with van der Waals surface area (Å²) in [6.45, 7) is 1.95. The zero-order valence-corrected chi connectivity index (χ0v) is 11.6. The van der Waals surface area contributed by atoms with Crippen LogP contribution in [0.1, 0.15) is 15.2 Å². The van der Waals surface area contributed by atoms with Crippen LogP contribution in [0.3, 0.4) is 0 Å². The number of amides is 1. The summed E-state index contributed by atoms with van der Waals surface area (Å²) >= 11 is 1.45. The van der Waals surface area contributed by atoms with Crippen LogP contribution < -0.4 is 5.32 Å². The van der Waals surface area contributed by atoms with E-state index in [4.69, 9.17) is 0 Å². The van der Waals surface area contributed by atoms with E-state index >= 15 is 0 Å². The van der Waals surface area contributed by atoms with Crippen LogP contribution in [0.15, 0.2) is 48.9 Å². The van der Waals surface area contributed by atoms with Gasteiger partial charge in [-0.2, -0.15) is 5.10 Å². The van der Waals surface area contributed by atoms with Gasteiger partial charge in [-0.3, -0.25) is 10.1 Å². The number of thiazole rings is 1. The number of hydrogen-bond donors (Lipinski definition) is 1. The molecule has 0 unspecified atom stereocenters. The van der Waals surface area contributed by atoms with Gasteiger partial charge in [-0.1, -0.05) is 0 Å². The zero-order chi connectivity index (χ0) is 13.9. The van der Waals surface area contributed by atoms with Crippen LogP contribution in [0.5, 0.6) is 0 Å². The molecule has 0 aliphatic rings. The molecule has 1 N–H and O–H groups in total. The Kier molecular flexibility index (Phi) is 3.30. The van der Waals surface area contributed by atoms with Gasteiger partial charge in [0.1, 0.15) is 0 Å². The monoisotopic (exact) mass is 284 g/mol. The van der Waals surface area contributed by atoms with E-state index in [0.29, 0.717) is 10.7 Å². The number of aryl methyl sites for hydroxylation is 1. The molecule has 2 aromatic heterocycles. The Labute approximate surface area is 119 Å². The third-order valence-corrected chi connectivity index (χ3v) is 3.57. The van der Waals surface area contributed by atoms with Gasteiger partial charge in [0.15, 0.2) is 5.13 Å². The number of hydrogen-bond acceptors (Lipinski definition) is 4. The standard InChI is InChI=1S/C14H12N4OS/c1-10-9-15-14(20-10)17-13(19)11-3-5-12(6-4-11)18-8-2-7-16-18/h2-9H,1H3,(H,15,17,19). The van der Waals surface area contributed by atoms with Crippen molar-refractivity contribution >= 4 is 22.4 Å². The Balaban J connectivity index is 1.75. The van der Waals surface area contributed by atoms with E-state index in [1.165, 1.54) is 11.3 Å². The first-order valence-electron chi connectivity index (χ1n) is 6.06. The second kappa shape index (κ2) is 5.26. The van der Waals surface area contributed by atoms with Gasteiger partial charge in [0.25, 0.3) is 5.91 Å². The Hall–Kier alpha value is -2.47. The van der Waals surface area contributed by atoms with Crippen LogP contribution in [-0.4, -0.2) is 20.7 Å². The lowest BCUT2D eigenvalue weighted by Gasteiger charge is -2.04. The molecule has 0 atom stereocenters. The maximum Gasteiger partial charge on any atom is 0.257 e. The number of anilines is 1. The Morgan fingerprint density at radius 3 is 2.70 bits per heavy atom. The largest absolute Gasteiger partial charge is 0.298 e. The van der Waals surface area contributed by atoms with Crippen molar-refractivity contribution in [2.24, 2.45) is 0 Å². The molecule has 6 heteroatoms. The van der Waals surface area contributed by atoms with Crippen molar-refractivity contribution in [2.45, 2.75) is 6.92 Å². The molecule has 1 amide bonds. The molecule has 0 aliphatic heterocycles. The first-order valence-corrected chi connectivity index (χ1v) is 6.88. The second-order valence-corrected chi connectivity index (χ2v) is 5.46. The summed E-state index contributed by atoms with van der Waals surface area (Å²) in [5, 5.41) is 7.53. The van der Waals surface area contributed by atoms with Crippen LogP contribution in [-0.2, 0) is 0 Å². The Morgan fingerprint density at radius 1 is 1.30 bits per heavy atom. The molecule has 0 spiro atoms. The average molecular weight is 284 g/mol. The number of aromatic nitrogens is 3. The minimum absolute atomic E-state index is 0.161. The first-order chi connectivity index (χ1) is 9.72. The molecule has 2 heterocycles. The van der Waals surface area contributed by atoms with Gasteiger partial charge < -0.3 is 0 Å². The van der Waals surface area contributed by atoms with Gasteiger partial charge >= 0.3 is 0 Å². The van der Waals surface area contributed by atoms with Gasteiger partial charge in [0.05, 0.1) is 5.69 Å². The lowest BCUT2D eigenvalue weighted by Crippen LogP contribution is -2.11. The van der Waals surface area contributed by atoms with Crippen molar-refractivity contribution in [3.05, 3.63) is 59.4 Å². The van der Waals surface area contributed by atoms with Crippen molar-refractivity contribution in [1.29, 1.82) is 0 Å². The minimum Gasteiger partial charge on any atom is -0.298 e. The van der Waals surface area contributed by atoms with Crippen LogP contribution >= 0.6 is 11.3 Å². The van der Waals surface area contributed by atoms with E-state index in [0.717, 1.165) is 10.6 Å². The van der Waals surface area contributed by atoms with Crippen LogP contribution in [0, 0.1) is 6.92 Å². The molecule has 3 rings (SSSR count). The second-order valence-electron chi connectivity index (χ2n) is 4.23. The lowest BCUT2D eigenvalue weighted by atomic mass is 10.2. The van der Waals surface area contributed by atoms with Gasteiger partial charge in [0, 0.05) is 29.0 Å². The van der Waals surface area contributed by atoms with Crippen molar-refractivity contribution in [2.75, 3.05) is 5.32 Å². The number of nitrogens with one attached hydrogen (secondary N) is 1. The Morgan fingerprint density at radius 2 is 2.10 bits per heavy atom. The number of carbonyl (C=O) groups excluding carboxylic acids is 1. The van der Waals surface area contributed by atoms with E-state index in [2.05, 4.69) is 15.4 Å². The number of rotatable bonds is 3. The minimum atomic E-state index is -0.161. The SMILES string of the molecule is Cc1cnc(NC(=O)c2ccc(-n3cccn3)cc2)s1. The molecular weight excluding hydrogens is 272 g/mol. The van der Waals surface area contributed by atoms with Gasteiger partial charge in [-0.15, -0.1) is 11.3 Å². The molecule has 5 nitrogen and oxygen atoms in total. The highest BCUT2D eigenvalue weighted by atomic mass is 32.1. The molecular formula is C14H12N4OS. The fraction of sp³-hybridized carbons (Fsp3) is 0.0714. The smallest absolute Gasteiger partial charge is 0.257 e. The summed E-state index contributed by atoms with van der Waals surface area (Å²) in [6, 6.07) is 9.11. The molecule has 0 saturated carbocycles. The third-order valence-electron chi connectivity index (χ3n) is 2.74. The summed E-state index contributed by atoms with van der Waals surface area (Å²) in [5.74, 6) is -0.161. The van der Waals surface area contributed by atoms with Gasteiger partial charge in [-0.05, 0) is 37.3 Å². The average Bonchev–Trinajstić information content (AvgIpc) is 3.11. The zero-order valence-electron chi connectivity index (χ0n) is 10.8. The van der Waals surface area contributed by atoms with E-state index < -0.39 is 0 Å². The van der Waals surface area contributed by atoms with E-state index in [1.54, 1.807) is 29.2 Å². The molecule has 0 radical (unpaired) electrons. The summed E-state index contributed by atoms with van der Waals surface area (Å²) in [6.07, 6.45) is 5.31. The fourth-order valence-corrected chi connectivity index (χ4v) is 2.43. The number of nitrogens with zero attached hydrogens (tertiary/aromatic N) is 3. The quantitative estimate of drug-likeness (QED) is 0.804. The lowest BCUT2D eigenvalue weighted by molar-refractivity contribution is 0.102. The number of benzene rings is 1. The predicted molar refractivity (Wildman–Crippen MR) is 78.4 cm³/mol. The van der Waals surface area contributed by atoms with Crippen LogP contribution in [0.25, 0.3) is 5.69 Å². The van der Waals surface area contributed by atoms with E-state index in [9.17, 15) is 4.79 Å². The predicted octanol–water partition coefficient (Wildman–Crippen LogP) is 2.89. The van der Waals surface area contributed by atoms with Crippen molar-refractivity contribution in [1.82, 2.24) is 14.8 Å². The molecule has 1 aromatic carbocycles. The van der Waals surface area contributed by atoms with Crippen LogP contribution in [0.4, 0.5) is 5.13 Å². The van der Waals surface area contributed by atoms with Crippen molar-refractivity contribution in [3.8, 4) is 5.69 Å². The summed E-state index contributed by atoms with van der Waals surface area (Å²) < 4.78 is 1.74. The highest BCUT2D eigenvalue weighted by molar-refractivity contribution is 7.15. The molecule has 20 heavy (non-hydrogen) atoms. The van der Waals surface area contributed by atoms with Crippen molar-refractivity contribution in [3.63, 3.8) is 0 Å². The molecule has 0 saturated heterocycles. The fourth-order valence-electron chi connectivity index (χ4n) is 1.77. The van der Waals surface area contributed by atoms with Gasteiger partial charge in [-0.25, -0.2) is 9.67 Å². The van der Waals surface area contributed by atoms with E-state index in [1.807, 2.05) is 31.3 Å². The molecule has 0 aliphatic carbocycles. The molecule has 0 bridgehead atoms. The highest BCUT2D eigenvalue weighted by Crippen LogP contribution is 2.18. The highest BCUT2D eigenvalue weighted by Gasteiger charge is 2.08. The molecule has 0 fully saturated rings. The third kappa shape index (κ3) is 2.60. The number of carbonyl (C=O) groups is 1. The van der Waals surface area contributed by atoms with E-state index in [-0.39, 0.29) is 5.91 Å². The van der Waals surface area contributed by atoms with Crippen LogP contribution in [0.2, 0.25) is 0 Å². The topological polar surface area (TPSA) is 59.8 Å². The summed E-state index contributed by atoms with van der Waals surface area (Å²) in [4.78, 5) is 17.2. The maximum atomic E-state index is 12.1. The molecule has 100 valence electrons. The molecule has 3 aromatic rings. The maximum absolute atomic E-state index is 12.1. The normalized spacial score (nSPS) is 10.4. The van der Waals surface area contributed by atoms with Crippen molar-refractivity contribution < 1.29 is 4.79 Å².